The van der Waals surface area contributed by atoms with Crippen LogP contribution >= 0.6 is 0 Å². The lowest BCUT2D eigenvalue weighted by Gasteiger charge is -2.40. The maximum atomic E-state index is 11.0. The van der Waals surface area contributed by atoms with Gasteiger partial charge < -0.3 is 28.8 Å². The van der Waals surface area contributed by atoms with E-state index in [9.17, 15) is 10.2 Å². The summed E-state index contributed by atoms with van der Waals surface area (Å²) in [4.78, 5) is 0. The van der Waals surface area contributed by atoms with E-state index in [2.05, 4.69) is 33.9 Å². The quantitative estimate of drug-likeness (QED) is 0.204. The minimum absolute atomic E-state index is 0.00515. The van der Waals surface area contributed by atoms with Gasteiger partial charge in [-0.1, -0.05) is 112 Å². The molecule has 0 aromatic heterocycles. The van der Waals surface area contributed by atoms with Crippen LogP contribution in [0.2, 0.25) is 18.1 Å². The Kier molecular flexibility index (Phi) is 12.5. The number of hydrogen-bond acceptors (Lipinski definition) is 6. The number of hydrogen-bond donors (Lipinski definition) is 2. The first-order valence-corrected chi connectivity index (χ1v) is 16.9. The van der Waals surface area contributed by atoms with Gasteiger partial charge in [0.05, 0.1) is 33.0 Å². The summed E-state index contributed by atoms with van der Waals surface area (Å²) >= 11 is 0. The van der Waals surface area contributed by atoms with Crippen molar-refractivity contribution in [1.29, 1.82) is 0 Å². The van der Waals surface area contributed by atoms with Crippen LogP contribution < -0.4 is 0 Å². The van der Waals surface area contributed by atoms with Crippen molar-refractivity contribution in [2.24, 2.45) is 0 Å². The predicted octanol–water partition coefficient (Wildman–Crippen LogP) is 6.12. The molecule has 0 radical (unpaired) electrons. The molecule has 0 saturated carbocycles. The molecule has 218 valence electrons. The zero-order chi connectivity index (χ0) is 29.0. The van der Waals surface area contributed by atoms with Gasteiger partial charge >= 0.3 is 0 Å². The van der Waals surface area contributed by atoms with Gasteiger partial charge in [0.15, 0.2) is 8.32 Å². The Morgan fingerprint density at radius 3 is 1.45 bits per heavy atom. The molecule has 40 heavy (non-hydrogen) atoms. The molecule has 0 heterocycles. The fourth-order valence-electron chi connectivity index (χ4n) is 4.00. The summed E-state index contributed by atoms with van der Waals surface area (Å²) in [7, 11) is -2.14. The minimum Gasteiger partial charge on any atom is -0.414 e. The van der Waals surface area contributed by atoms with Crippen LogP contribution in [0.3, 0.4) is 0 Å². The standard InChI is InChI=1S/C33H46O6Si/c1-33(2,3)40(4,5)39-25-30(36-22-26-15-9-6-10-16-26)32(38-24-28-19-13-8-14-20-28)31(29(35)21-34)37-23-27-17-11-7-12-18-27/h6-20,29-32,34-35H,21-25H2,1-5H3/t29-,30-,31-,32-/m1/s1. The van der Waals surface area contributed by atoms with Crippen LogP contribution in [0.5, 0.6) is 0 Å². The molecule has 7 heteroatoms. The summed E-state index contributed by atoms with van der Waals surface area (Å²) in [5.41, 5.74) is 2.96. The van der Waals surface area contributed by atoms with Gasteiger partial charge in [0.1, 0.15) is 24.4 Å². The third kappa shape index (κ3) is 9.92. The van der Waals surface area contributed by atoms with Crippen molar-refractivity contribution in [2.45, 2.75) is 83.1 Å². The molecule has 3 aromatic carbocycles. The first kappa shape index (κ1) is 32.2. The summed E-state index contributed by atoms with van der Waals surface area (Å²) in [5.74, 6) is 0. The number of ether oxygens (including phenoxy) is 3. The number of benzene rings is 3. The minimum atomic E-state index is -2.14. The maximum Gasteiger partial charge on any atom is 0.192 e. The number of aliphatic hydroxyl groups excluding tert-OH is 2. The molecule has 0 bridgehead atoms. The molecular weight excluding hydrogens is 520 g/mol. The van der Waals surface area contributed by atoms with Gasteiger partial charge in [-0.3, -0.25) is 0 Å². The van der Waals surface area contributed by atoms with Crippen molar-refractivity contribution in [3.63, 3.8) is 0 Å². The van der Waals surface area contributed by atoms with E-state index in [1.54, 1.807) is 0 Å². The number of rotatable bonds is 16. The van der Waals surface area contributed by atoms with E-state index >= 15 is 0 Å². The molecular formula is C33H46O6Si. The summed E-state index contributed by atoms with van der Waals surface area (Å²) in [6.45, 7) is 11.7. The number of aliphatic hydroxyl groups is 2. The highest BCUT2D eigenvalue weighted by Crippen LogP contribution is 2.37. The highest BCUT2D eigenvalue weighted by Gasteiger charge is 2.41. The van der Waals surface area contributed by atoms with Crippen molar-refractivity contribution < 1.29 is 28.8 Å². The molecule has 2 N–H and O–H groups in total. The second kappa shape index (κ2) is 15.6. The van der Waals surface area contributed by atoms with Gasteiger partial charge in [-0.15, -0.1) is 0 Å². The van der Waals surface area contributed by atoms with E-state index < -0.39 is 39.3 Å². The van der Waals surface area contributed by atoms with Crippen LogP contribution in [0.15, 0.2) is 91.0 Å². The lowest BCUT2D eigenvalue weighted by molar-refractivity contribution is -0.190. The Bertz CT molecular complexity index is 1090. The molecule has 4 atom stereocenters. The second-order valence-electron chi connectivity index (χ2n) is 11.7. The fourth-order valence-corrected chi connectivity index (χ4v) is 5.01. The second-order valence-corrected chi connectivity index (χ2v) is 16.5. The SMILES string of the molecule is CC(C)(C)[Si](C)(C)OC[C@@H](OCc1ccccc1)[C@@H](OCc1ccccc1)[C@H](OCc1ccccc1)[C@H](O)CO. The topological polar surface area (TPSA) is 77.4 Å². The smallest absolute Gasteiger partial charge is 0.192 e. The van der Waals surface area contributed by atoms with Crippen LogP contribution in [0.25, 0.3) is 0 Å². The average Bonchev–Trinajstić information content (AvgIpc) is 2.96. The molecule has 0 amide bonds. The van der Waals surface area contributed by atoms with Crippen LogP contribution in [-0.2, 0) is 38.5 Å². The zero-order valence-corrected chi connectivity index (χ0v) is 25.5. The molecule has 0 aliphatic rings. The van der Waals surface area contributed by atoms with E-state index in [4.69, 9.17) is 18.6 Å². The van der Waals surface area contributed by atoms with Crippen molar-refractivity contribution in [3.8, 4) is 0 Å². The van der Waals surface area contributed by atoms with Crippen LogP contribution in [0.1, 0.15) is 37.5 Å². The molecule has 3 aromatic rings. The van der Waals surface area contributed by atoms with Gasteiger partial charge in [0.2, 0.25) is 0 Å². The molecule has 3 rings (SSSR count). The lowest BCUT2D eigenvalue weighted by atomic mass is 10.0. The van der Waals surface area contributed by atoms with Crippen molar-refractivity contribution in [2.75, 3.05) is 13.2 Å². The van der Waals surface area contributed by atoms with Crippen molar-refractivity contribution >= 4 is 8.32 Å². The van der Waals surface area contributed by atoms with E-state index in [0.29, 0.717) is 13.2 Å². The fraction of sp³-hybridized carbons (Fsp3) is 0.455. The van der Waals surface area contributed by atoms with E-state index in [1.165, 1.54) is 0 Å². The highest BCUT2D eigenvalue weighted by molar-refractivity contribution is 6.74. The molecule has 0 unspecified atom stereocenters. The monoisotopic (exact) mass is 566 g/mol. The van der Waals surface area contributed by atoms with E-state index in [-0.39, 0.29) is 18.3 Å². The molecule has 0 aliphatic heterocycles. The molecule has 0 saturated heterocycles. The van der Waals surface area contributed by atoms with Gasteiger partial charge in [0, 0.05) is 0 Å². The van der Waals surface area contributed by atoms with E-state index in [0.717, 1.165) is 16.7 Å². The first-order chi connectivity index (χ1) is 19.1. The van der Waals surface area contributed by atoms with Gasteiger partial charge in [-0.05, 0) is 34.8 Å². The highest BCUT2D eigenvalue weighted by atomic mass is 28.4. The molecule has 0 fully saturated rings. The Balaban J connectivity index is 1.93. The lowest BCUT2D eigenvalue weighted by Crippen LogP contribution is -2.53. The van der Waals surface area contributed by atoms with Crippen LogP contribution in [0, 0.1) is 0 Å². The Hall–Kier alpha value is -2.36. The Morgan fingerprint density at radius 2 is 1.05 bits per heavy atom. The first-order valence-electron chi connectivity index (χ1n) is 14.0. The van der Waals surface area contributed by atoms with Crippen LogP contribution in [0.4, 0.5) is 0 Å². The average molecular weight is 567 g/mol. The largest absolute Gasteiger partial charge is 0.414 e. The van der Waals surface area contributed by atoms with Crippen LogP contribution in [-0.4, -0.2) is 56.2 Å². The van der Waals surface area contributed by atoms with Gasteiger partial charge in [-0.25, -0.2) is 0 Å². The van der Waals surface area contributed by atoms with E-state index in [1.807, 2.05) is 91.0 Å². The predicted molar refractivity (Wildman–Crippen MR) is 161 cm³/mol. The maximum absolute atomic E-state index is 11.0. The zero-order valence-electron chi connectivity index (χ0n) is 24.5. The summed E-state index contributed by atoms with van der Waals surface area (Å²) in [6, 6.07) is 29.6. The van der Waals surface area contributed by atoms with Crippen molar-refractivity contribution in [3.05, 3.63) is 108 Å². The molecule has 6 nitrogen and oxygen atoms in total. The molecule has 0 spiro atoms. The van der Waals surface area contributed by atoms with Gasteiger partial charge in [0.25, 0.3) is 0 Å². The van der Waals surface area contributed by atoms with Crippen molar-refractivity contribution in [1.82, 2.24) is 0 Å². The summed E-state index contributed by atoms with van der Waals surface area (Å²) < 4.78 is 26.0. The normalized spacial score (nSPS) is 15.4. The summed E-state index contributed by atoms with van der Waals surface area (Å²) in [6.07, 6.45) is -3.34. The molecule has 0 aliphatic carbocycles. The van der Waals surface area contributed by atoms with Gasteiger partial charge in [-0.2, -0.15) is 0 Å². The third-order valence-corrected chi connectivity index (χ3v) is 12.0. The summed E-state index contributed by atoms with van der Waals surface area (Å²) in [5, 5.41) is 21.1. The third-order valence-electron chi connectivity index (χ3n) is 7.55. The Labute approximate surface area is 241 Å². The Morgan fingerprint density at radius 1 is 0.650 bits per heavy atom.